The minimum atomic E-state index is 0.00663. The Morgan fingerprint density at radius 3 is 2.62 bits per heavy atom. The van der Waals surface area contributed by atoms with E-state index in [0.717, 1.165) is 32.6 Å². The molecule has 1 saturated carbocycles. The summed E-state index contributed by atoms with van der Waals surface area (Å²) in [6.07, 6.45) is 7.43. The average molecular weight is 296 g/mol. The molecule has 0 aromatic heterocycles. The van der Waals surface area contributed by atoms with Gasteiger partial charge >= 0.3 is 0 Å². The van der Waals surface area contributed by atoms with Crippen LogP contribution in [-0.2, 0) is 9.53 Å². The SMILES string of the molecule is CCCOCCCN1C(=O)C(C(C)C)NC1C1CCCC1. The predicted octanol–water partition coefficient (Wildman–Crippen LogP) is 2.78. The molecule has 0 aromatic rings. The molecule has 1 amide bonds. The minimum Gasteiger partial charge on any atom is -0.381 e. The molecule has 2 aliphatic rings. The van der Waals surface area contributed by atoms with E-state index in [2.05, 4.69) is 31.0 Å². The predicted molar refractivity (Wildman–Crippen MR) is 84.9 cm³/mol. The summed E-state index contributed by atoms with van der Waals surface area (Å²) >= 11 is 0. The van der Waals surface area contributed by atoms with Crippen molar-refractivity contribution in [1.29, 1.82) is 0 Å². The van der Waals surface area contributed by atoms with E-state index in [1.807, 2.05) is 0 Å². The van der Waals surface area contributed by atoms with Gasteiger partial charge in [-0.3, -0.25) is 10.1 Å². The van der Waals surface area contributed by atoms with E-state index in [0.29, 0.717) is 17.7 Å². The molecule has 0 bridgehead atoms. The molecular weight excluding hydrogens is 264 g/mol. The molecule has 2 atom stereocenters. The van der Waals surface area contributed by atoms with Crippen molar-refractivity contribution in [2.45, 2.75) is 71.5 Å². The fourth-order valence-corrected chi connectivity index (χ4v) is 3.63. The zero-order valence-corrected chi connectivity index (χ0v) is 13.9. The van der Waals surface area contributed by atoms with Gasteiger partial charge in [-0.1, -0.05) is 33.6 Å². The van der Waals surface area contributed by atoms with Crippen LogP contribution < -0.4 is 5.32 Å². The monoisotopic (exact) mass is 296 g/mol. The lowest BCUT2D eigenvalue weighted by Crippen LogP contribution is -2.43. The summed E-state index contributed by atoms with van der Waals surface area (Å²) in [7, 11) is 0. The first-order valence-corrected chi connectivity index (χ1v) is 8.79. The van der Waals surface area contributed by atoms with Gasteiger partial charge in [0.2, 0.25) is 5.91 Å². The number of nitrogens with zero attached hydrogens (tertiary/aromatic N) is 1. The van der Waals surface area contributed by atoms with Gasteiger partial charge in [-0.25, -0.2) is 0 Å². The van der Waals surface area contributed by atoms with E-state index in [4.69, 9.17) is 4.74 Å². The van der Waals surface area contributed by atoms with Crippen LogP contribution in [-0.4, -0.2) is 42.8 Å². The Bertz CT molecular complexity index is 327. The Morgan fingerprint density at radius 1 is 1.29 bits per heavy atom. The van der Waals surface area contributed by atoms with E-state index in [9.17, 15) is 4.79 Å². The lowest BCUT2D eigenvalue weighted by Gasteiger charge is -2.29. The lowest BCUT2D eigenvalue weighted by molar-refractivity contribution is -0.131. The van der Waals surface area contributed by atoms with Crippen LogP contribution >= 0.6 is 0 Å². The highest BCUT2D eigenvalue weighted by molar-refractivity contribution is 5.84. The molecule has 1 heterocycles. The third kappa shape index (κ3) is 4.19. The quantitative estimate of drug-likeness (QED) is 0.700. The van der Waals surface area contributed by atoms with Crippen LogP contribution in [0.1, 0.15) is 59.3 Å². The maximum absolute atomic E-state index is 12.7. The molecule has 1 aliphatic carbocycles. The van der Waals surface area contributed by atoms with Crippen LogP contribution in [0.4, 0.5) is 0 Å². The number of hydrogen-bond acceptors (Lipinski definition) is 3. The van der Waals surface area contributed by atoms with Crippen molar-refractivity contribution in [2.75, 3.05) is 19.8 Å². The third-order valence-corrected chi connectivity index (χ3v) is 4.78. The highest BCUT2D eigenvalue weighted by Gasteiger charge is 2.43. The molecule has 2 unspecified atom stereocenters. The number of amides is 1. The van der Waals surface area contributed by atoms with E-state index < -0.39 is 0 Å². The van der Waals surface area contributed by atoms with Crippen LogP contribution in [0.15, 0.2) is 0 Å². The molecule has 2 rings (SSSR count). The first-order valence-electron chi connectivity index (χ1n) is 8.79. The van der Waals surface area contributed by atoms with Gasteiger partial charge in [-0.05, 0) is 37.5 Å². The van der Waals surface area contributed by atoms with Gasteiger partial charge < -0.3 is 9.64 Å². The van der Waals surface area contributed by atoms with Gasteiger partial charge in [-0.15, -0.1) is 0 Å². The van der Waals surface area contributed by atoms with E-state index in [1.54, 1.807) is 0 Å². The summed E-state index contributed by atoms with van der Waals surface area (Å²) in [5.41, 5.74) is 0. The van der Waals surface area contributed by atoms with Gasteiger partial charge in [0.25, 0.3) is 0 Å². The summed E-state index contributed by atoms with van der Waals surface area (Å²) in [5, 5.41) is 3.62. The van der Waals surface area contributed by atoms with Crippen LogP contribution in [0, 0.1) is 11.8 Å². The number of rotatable bonds is 8. The lowest BCUT2D eigenvalue weighted by atomic mass is 10.0. The van der Waals surface area contributed by atoms with Crippen molar-refractivity contribution in [3.05, 3.63) is 0 Å². The number of carbonyl (C=O) groups excluding carboxylic acids is 1. The Labute approximate surface area is 129 Å². The number of hydrogen-bond donors (Lipinski definition) is 1. The van der Waals surface area contributed by atoms with Crippen molar-refractivity contribution in [1.82, 2.24) is 10.2 Å². The Hall–Kier alpha value is -0.610. The van der Waals surface area contributed by atoms with Gasteiger partial charge in [0.05, 0.1) is 12.2 Å². The first kappa shape index (κ1) is 16.8. The first-order chi connectivity index (χ1) is 10.1. The molecular formula is C17H32N2O2. The normalized spacial score (nSPS) is 27.2. The molecule has 4 nitrogen and oxygen atoms in total. The zero-order valence-electron chi connectivity index (χ0n) is 13.9. The molecule has 1 aliphatic heterocycles. The average Bonchev–Trinajstić information content (AvgIpc) is 3.07. The number of nitrogens with one attached hydrogen (secondary N) is 1. The molecule has 1 N–H and O–H groups in total. The third-order valence-electron chi connectivity index (χ3n) is 4.78. The van der Waals surface area contributed by atoms with Gasteiger partial charge in [0.15, 0.2) is 0 Å². The topological polar surface area (TPSA) is 41.6 Å². The van der Waals surface area contributed by atoms with E-state index in [-0.39, 0.29) is 12.2 Å². The summed E-state index contributed by atoms with van der Waals surface area (Å²) in [6, 6.07) is 0.00663. The van der Waals surface area contributed by atoms with Crippen LogP contribution in [0.3, 0.4) is 0 Å². The molecule has 122 valence electrons. The fraction of sp³-hybridized carbons (Fsp3) is 0.941. The smallest absolute Gasteiger partial charge is 0.241 e. The van der Waals surface area contributed by atoms with Crippen LogP contribution in [0.25, 0.3) is 0 Å². The Morgan fingerprint density at radius 2 is 2.00 bits per heavy atom. The van der Waals surface area contributed by atoms with Crippen molar-refractivity contribution in [2.24, 2.45) is 11.8 Å². The largest absolute Gasteiger partial charge is 0.381 e. The highest BCUT2D eigenvalue weighted by Crippen LogP contribution is 2.33. The second-order valence-electron chi connectivity index (χ2n) is 6.88. The summed E-state index contributed by atoms with van der Waals surface area (Å²) in [5.74, 6) is 1.31. The molecule has 4 heteroatoms. The second-order valence-corrected chi connectivity index (χ2v) is 6.88. The van der Waals surface area contributed by atoms with Gasteiger partial charge in [0, 0.05) is 19.8 Å². The molecule has 2 fully saturated rings. The fourth-order valence-electron chi connectivity index (χ4n) is 3.63. The van der Waals surface area contributed by atoms with Crippen molar-refractivity contribution < 1.29 is 9.53 Å². The van der Waals surface area contributed by atoms with E-state index in [1.165, 1.54) is 25.7 Å². The zero-order chi connectivity index (χ0) is 15.2. The second kappa shape index (κ2) is 8.14. The van der Waals surface area contributed by atoms with E-state index >= 15 is 0 Å². The van der Waals surface area contributed by atoms with Crippen LogP contribution in [0.2, 0.25) is 0 Å². The Kier molecular flexibility index (Phi) is 6.49. The molecule has 0 spiro atoms. The molecule has 0 aromatic carbocycles. The maximum atomic E-state index is 12.7. The summed E-state index contributed by atoms with van der Waals surface area (Å²) < 4.78 is 5.55. The number of ether oxygens (including phenoxy) is 1. The maximum Gasteiger partial charge on any atom is 0.241 e. The summed E-state index contributed by atoms with van der Waals surface area (Å²) in [6.45, 7) is 8.82. The Balaban J connectivity index is 1.90. The molecule has 1 saturated heterocycles. The van der Waals surface area contributed by atoms with Crippen molar-refractivity contribution in [3.63, 3.8) is 0 Å². The van der Waals surface area contributed by atoms with Gasteiger partial charge in [0.1, 0.15) is 0 Å². The molecule has 0 radical (unpaired) electrons. The van der Waals surface area contributed by atoms with Crippen molar-refractivity contribution >= 4 is 5.91 Å². The minimum absolute atomic E-state index is 0.00663. The highest BCUT2D eigenvalue weighted by atomic mass is 16.5. The number of carbonyl (C=O) groups is 1. The van der Waals surface area contributed by atoms with Gasteiger partial charge in [-0.2, -0.15) is 0 Å². The summed E-state index contributed by atoms with van der Waals surface area (Å²) in [4.78, 5) is 14.8. The van der Waals surface area contributed by atoms with Crippen LogP contribution in [0.5, 0.6) is 0 Å². The molecule has 21 heavy (non-hydrogen) atoms. The van der Waals surface area contributed by atoms with Crippen molar-refractivity contribution in [3.8, 4) is 0 Å². The standard InChI is InChI=1S/C17H32N2O2/c1-4-11-21-12-7-10-19-16(14-8-5-6-9-14)18-15(13(2)3)17(19)20/h13-16,18H,4-12H2,1-3H3.